The van der Waals surface area contributed by atoms with Gasteiger partial charge in [0.1, 0.15) is 30.2 Å². The van der Waals surface area contributed by atoms with Crippen LogP contribution in [-0.2, 0) is 32.0 Å². The van der Waals surface area contributed by atoms with Gasteiger partial charge in [0.2, 0.25) is 17.7 Å². The Hall–Kier alpha value is -3.20. The number of carbonyl (C=O) groups excluding carboxylic acids is 3. The van der Waals surface area contributed by atoms with Gasteiger partial charge in [-0.1, -0.05) is 83.0 Å². The van der Waals surface area contributed by atoms with Crippen LogP contribution in [0.1, 0.15) is 58.6 Å². The summed E-state index contributed by atoms with van der Waals surface area (Å²) in [5, 5.41) is 7.82. The first-order chi connectivity index (χ1) is 18.8. The minimum atomic E-state index is -4.76. The van der Waals surface area contributed by atoms with E-state index in [1.54, 1.807) is 31.2 Å². The molecule has 3 amide bonds. The monoisotopic (exact) mass is 575 g/mol. The maximum absolute atomic E-state index is 13.3. The van der Waals surface area contributed by atoms with Crippen LogP contribution in [-0.4, -0.2) is 45.4 Å². The van der Waals surface area contributed by atoms with Crippen LogP contribution in [0.5, 0.6) is 5.75 Å². The zero-order valence-electron chi connectivity index (χ0n) is 23.8. The largest absolute Gasteiger partial charge is 0.489 e. The fourth-order valence-corrected chi connectivity index (χ4v) is 4.80. The molecule has 11 heteroatoms. The van der Waals surface area contributed by atoms with Crippen molar-refractivity contribution in [3.63, 3.8) is 0 Å². The van der Waals surface area contributed by atoms with Crippen molar-refractivity contribution in [2.24, 2.45) is 11.8 Å². The molecule has 40 heavy (non-hydrogen) atoms. The first kappa shape index (κ1) is 33.0. The zero-order chi connectivity index (χ0) is 29.9. The van der Waals surface area contributed by atoms with Gasteiger partial charge in [-0.15, -0.1) is 0 Å². The molecule has 220 valence electrons. The third-order valence-electron chi connectivity index (χ3n) is 6.96. The molecular weight excluding hydrogens is 533 g/mol. The topological polar surface area (TPSA) is 154 Å². The Bertz CT molecular complexity index is 1150. The van der Waals surface area contributed by atoms with E-state index in [1.165, 1.54) is 6.92 Å². The number of benzene rings is 2. The van der Waals surface area contributed by atoms with E-state index in [9.17, 15) is 28.7 Å². The Morgan fingerprint density at radius 2 is 1.32 bits per heavy atom. The molecule has 0 radical (unpaired) electrons. The molecule has 2 rings (SSSR count). The summed E-state index contributed by atoms with van der Waals surface area (Å²) < 4.78 is 18.1. The fraction of sp³-hybridized carbons (Fsp3) is 0.483. The molecule has 0 aliphatic heterocycles. The summed E-state index contributed by atoms with van der Waals surface area (Å²) >= 11 is 0. The van der Waals surface area contributed by atoms with E-state index in [1.807, 2.05) is 51.1 Å². The smallest absolute Gasteiger partial charge is 0.347 e. The molecule has 0 saturated carbocycles. The normalized spacial score (nSPS) is 15.2. The Kier molecular flexibility index (Phi) is 12.8. The molecule has 10 nitrogen and oxygen atoms in total. The van der Waals surface area contributed by atoms with Gasteiger partial charge in [-0.25, -0.2) is 0 Å². The first-order valence-corrected chi connectivity index (χ1v) is 15.2. The minimum absolute atomic E-state index is 0.127. The van der Waals surface area contributed by atoms with E-state index >= 15 is 0 Å². The van der Waals surface area contributed by atoms with Gasteiger partial charge in [0.05, 0.1) is 0 Å². The van der Waals surface area contributed by atoms with Crippen LogP contribution in [0.25, 0.3) is 0 Å². The minimum Gasteiger partial charge on any atom is -0.489 e. The molecule has 5 N–H and O–H groups in total. The number of ether oxygens (including phenoxy) is 1. The van der Waals surface area contributed by atoms with Crippen LogP contribution in [0, 0.1) is 11.8 Å². The molecular formula is C29H42N3O7P. The average Bonchev–Trinajstić information content (AvgIpc) is 2.92. The van der Waals surface area contributed by atoms with Crippen LogP contribution in [0.3, 0.4) is 0 Å². The summed E-state index contributed by atoms with van der Waals surface area (Å²) in [6, 6.07) is 14.5. The third kappa shape index (κ3) is 10.4. The highest BCUT2D eigenvalue weighted by Crippen LogP contribution is 2.41. The molecule has 0 spiro atoms. The second-order valence-corrected chi connectivity index (χ2v) is 12.0. The second-order valence-electron chi connectivity index (χ2n) is 10.2. The molecule has 2 aromatic carbocycles. The van der Waals surface area contributed by atoms with Gasteiger partial charge < -0.3 is 30.5 Å². The summed E-state index contributed by atoms with van der Waals surface area (Å²) in [5.41, 5.74) is 1.60. The van der Waals surface area contributed by atoms with Gasteiger partial charge in [-0.3, -0.25) is 18.9 Å². The number of hydrogen-bond acceptors (Lipinski definition) is 5. The van der Waals surface area contributed by atoms with Crippen molar-refractivity contribution in [2.45, 2.75) is 78.4 Å². The average molecular weight is 576 g/mol. The van der Waals surface area contributed by atoms with Crippen LogP contribution in [0.2, 0.25) is 0 Å². The number of hydrogen-bond donors (Lipinski definition) is 5. The highest BCUT2D eigenvalue weighted by atomic mass is 31.2. The molecule has 0 bridgehead atoms. The quantitative estimate of drug-likeness (QED) is 0.204. The van der Waals surface area contributed by atoms with Crippen molar-refractivity contribution < 1.29 is 33.5 Å². The van der Waals surface area contributed by atoms with Crippen LogP contribution < -0.4 is 20.7 Å². The SMILES string of the molecule is CC[C@H](C)[C@H](NC(C)=O)C(=O)N[C@H](C(=O)N[C@@H](Cc1ccc(OCc2ccccc2)cc1)P(=O)(O)O)[C@@H](C)CC. The first-order valence-electron chi connectivity index (χ1n) is 13.5. The number of rotatable bonds is 15. The molecule has 2 aromatic rings. The van der Waals surface area contributed by atoms with Crippen molar-refractivity contribution in [2.75, 3.05) is 0 Å². The maximum atomic E-state index is 13.3. The van der Waals surface area contributed by atoms with Gasteiger partial charge in [0.25, 0.3) is 0 Å². The van der Waals surface area contributed by atoms with Gasteiger partial charge in [0, 0.05) is 13.3 Å². The molecule has 0 aliphatic rings. The molecule has 0 saturated heterocycles. The van der Waals surface area contributed by atoms with E-state index in [-0.39, 0.29) is 24.2 Å². The lowest BCUT2D eigenvalue weighted by Crippen LogP contribution is -2.58. The van der Waals surface area contributed by atoms with Crippen molar-refractivity contribution in [3.8, 4) is 5.75 Å². The van der Waals surface area contributed by atoms with Crippen LogP contribution in [0.4, 0.5) is 0 Å². The molecule has 0 fully saturated rings. The predicted molar refractivity (Wildman–Crippen MR) is 153 cm³/mol. The fourth-order valence-electron chi connectivity index (χ4n) is 4.06. The van der Waals surface area contributed by atoms with Gasteiger partial charge in [-0.05, 0) is 35.1 Å². The van der Waals surface area contributed by atoms with E-state index in [0.29, 0.717) is 30.8 Å². The Balaban J connectivity index is 2.14. The maximum Gasteiger partial charge on any atom is 0.347 e. The van der Waals surface area contributed by atoms with E-state index < -0.39 is 37.3 Å². The standard InChI is InChI=1S/C29H42N3O7P/c1-6-19(3)26(30-21(5)33)29(35)32-27(20(4)7-2)28(34)31-25(40(36,37)38)17-22-13-15-24(16-14-22)39-18-23-11-9-8-10-12-23/h8-16,19-20,25-27H,6-7,17-18H2,1-5H3,(H,30,33)(H,31,34)(H,32,35)(H2,36,37,38)/t19-,20-,25+,26-,27-/m0/s1. The highest BCUT2D eigenvalue weighted by Gasteiger charge is 2.36. The van der Waals surface area contributed by atoms with E-state index in [4.69, 9.17) is 4.74 Å². The summed E-state index contributed by atoms with van der Waals surface area (Å²) in [4.78, 5) is 58.2. The Morgan fingerprint density at radius 1 is 0.800 bits per heavy atom. The molecule has 0 heterocycles. The Labute approximate surface area is 236 Å². The summed E-state index contributed by atoms with van der Waals surface area (Å²) in [6.45, 7) is 9.01. The molecule has 0 aromatic heterocycles. The van der Waals surface area contributed by atoms with Crippen molar-refractivity contribution in [1.29, 1.82) is 0 Å². The zero-order valence-corrected chi connectivity index (χ0v) is 24.7. The van der Waals surface area contributed by atoms with Gasteiger partial charge in [-0.2, -0.15) is 0 Å². The molecule has 0 unspecified atom stereocenters. The number of carbonyl (C=O) groups is 3. The molecule has 5 atom stereocenters. The lowest BCUT2D eigenvalue weighted by atomic mass is 9.95. The van der Waals surface area contributed by atoms with Crippen molar-refractivity contribution in [3.05, 3.63) is 65.7 Å². The number of amides is 3. The summed E-state index contributed by atoms with van der Waals surface area (Å²) in [5.74, 6) is -3.03. The van der Waals surface area contributed by atoms with Crippen LogP contribution in [0.15, 0.2) is 54.6 Å². The summed E-state index contributed by atoms with van der Waals surface area (Å²) in [7, 11) is -4.76. The third-order valence-corrected chi connectivity index (χ3v) is 8.09. The van der Waals surface area contributed by atoms with Crippen LogP contribution >= 0.6 is 7.60 Å². The van der Waals surface area contributed by atoms with Crippen molar-refractivity contribution >= 4 is 25.3 Å². The predicted octanol–water partition coefficient (Wildman–Crippen LogP) is 3.51. The van der Waals surface area contributed by atoms with E-state index in [2.05, 4.69) is 16.0 Å². The van der Waals surface area contributed by atoms with Gasteiger partial charge in [0.15, 0.2) is 0 Å². The highest BCUT2D eigenvalue weighted by molar-refractivity contribution is 7.52. The second kappa shape index (κ2) is 15.6. The number of nitrogens with one attached hydrogen (secondary N) is 3. The Morgan fingerprint density at radius 3 is 1.82 bits per heavy atom. The van der Waals surface area contributed by atoms with Crippen molar-refractivity contribution in [1.82, 2.24) is 16.0 Å². The van der Waals surface area contributed by atoms with Gasteiger partial charge >= 0.3 is 7.60 Å². The van der Waals surface area contributed by atoms with E-state index in [0.717, 1.165) is 5.56 Å². The summed E-state index contributed by atoms with van der Waals surface area (Å²) in [6.07, 6.45) is 1.02. The lowest BCUT2D eigenvalue weighted by molar-refractivity contribution is -0.133. The lowest BCUT2D eigenvalue weighted by Gasteiger charge is -2.30. The molecule has 0 aliphatic carbocycles.